The first kappa shape index (κ1) is 18.0. The molecule has 0 radical (unpaired) electrons. The molecule has 2 aliphatic heterocycles. The molecule has 3 amide bonds. The van der Waals surface area contributed by atoms with Crippen molar-refractivity contribution in [1.29, 1.82) is 0 Å². The summed E-state index contributed by atoms with van der Waals surface area (Å²) in [6.45, 7) is 3.14. The lowest BCUT2D eigenvalue weighted by molar-refractivity contribution is -0.128. The van der Waals surface area contributed by atoms with E-state index in [4.69, 9.17) is 0 Å². The zero-order valence-corrected chi connectivity index (χ0v) is 15.7. The highest BCUT2D eigenvalue weighted by Crippen LogP contribution is 2.27. The Balaban J connectivity index is 1.16. The van der Waals surface area contributed by atoms with Crippen molar-refractivity contribution in [3.8, 4) is 0 Å². The van der Waals surface area contributed by atoms with Crippen molar-refractivity contribution >= 4 is 22.7 Å². The van der Waals surface area contributed by atoms with Crippen LogP contribution >= 0.6 is 0 Å². The van der Waals surface area contributed by atoms with Gasteiger partial charge in [0, 0.05) is 13.1 Å². The summed E-state index contributed by atoms with van der Waals surface area (Å²) in [5, 5.41) is 6.10. The first-order valence-electron chi connectivity index (χ1n) is 10.0. The van der Waals surface area contributed by atoms with Crippen LogP contribution in [0.1, 0.15) is 31.2 Å². The molecule has 2 aromatic rings. The lowest BCUT2D eigenvalue weighted by Crippen LogP contribution is -2.34. The Morgan fingerprint density at radius 1 is 1.00 bits per heavy atom. The van der Waals surface area contributed by atoms with Crippen molar-refractivity contribution in [3.63, 3.8) is 0 Å². The van der Waals surface area contributed by atoms with Gasteiger partial charge in [0.05, 0.1) is 0 Å². The SMILES string of the molecule is O=C1C2CCCN2C(=O)N1CCCCNCCc1cccc2ccccc12. The number of hydrogen-bond donors (Lipinski definition) is 1. The molecule has 0 spiro atoms. The molecule has 0 saturated carbocycles. The topological polar surface area (TPSA) is 52.7 Å². The van der Waals surface area contributed by atoms with Crippen molar-refractivity contribution in [2.24, 2.45) is 0 Å². The normalized spacial score (nSPS) is 19.3. The molecule has 1 unspecified atom stereocenters. The van der Waals surface area contributed by atoms with E-state index in [0.29, 0.717) is 6.54 Å². The van der Waals surface area contributed by atoms with Gasteiger partial charge in [-0.1, -0.05) is 42.5 Å². The van der Waals surface area contributed by atoms with Gasteiger partial charge >= 0.3 is 6.03 Å². The summed E-state index contributed by atoms with van der Waals surface area (Å²) in [4.78, 5) is 27.7. The van der Waals surface area contributed by atoms with Gasteiger partial charge in [-0.25, -0.2) is 4.79 Å². The van der Waals surface area contributed by atoms with Crippen LogP contribution in [-0.2, 0) is 11.2 Å². The highest BCUT2D eigenvalue weighted by molar-refractivity contribution is 6.04. The lowest BCUT2D eigenvalue weighted by Gasteiger charge is -2.15. The third kappa shape index (κ3) is 3.69. The fraction of sp³-hybridized carbons (Fsp3) is 0.455. The first-order chi connectivity index (χ1) is 13.3. The molecule has 2 fully saturated rings. The Hall–Kier alpha value is -2.40. The van der Waals surface area contributed by atoms with Gasteiger partial charge in [-0.15, -0.1) is 0 Å². The second-order valence-electron chi connectivity index (χ2n) is 7.47. The van der Waals surface area contributed by atoms with Gasteiger partial charge in [0.25, 0.3) is 5.91 Å². The van der Waals surface area contributed by atoms with Crippen molar-refractivity contribution in [3.05, 3.63) is 48.0 Å². The van der Waals surface area contributed by atoms with E-state index in [1.54, 1.807) is 4.90 Å². The summed E-state index contributed by atoms with van der Waals surface area (Å²) in [6.07, 6.45) is 4.62. The van der Waals surface area contributed by atoms with Gasteiger partial charge in [-0.3, -0.25) is 9.69 Å². The summed E-state index contributed by atoms with van der Waals surface area (Å²) in [5.74, 6) is 0.0152. The highest BCUT2D eigenvalue weighted by atomic mass is 16.2. The molecule has 27 heavy (non-hydrogen) atoms. The van der Waals surface area contributed by atoms with Gasteiger partial charge in [0.1, 0.15) is 6.04 Å². The van der Waals surface area contributed by atoms with Crippen molar-refractivity contribution in [1.82, 2.24) is 15.1 Å². The van der Waals surface area contributed by atoms with Crippen LogP contribution in [0, 0.1) is 0 Å². The Kier molecular flexibility index (Phi) is 5.39. The predicted molar refractivity (Wildman–Crippen MR) is 107 cm³/mol. The van der Waals surface area contributed by atoms with E-state index in [1.807, 2.05) is 0 Å². The Morgan fingerprint density at radius 2 is 1.85 bits per heavy atom. The van der Waals surface area contributed by atoms with E-state index in [9.17, 15) is 9.59 Å². The third-order valence-corrected chi connectivity index (χ3v) is 5.72. The number of amides is 3. The molecule has 2 heterocycles. The quantitative estimate of drug-likeness (QED) is 0.577. The van der Waals surface area contributed by atoms with Gasteiger partial charge in [0.15, 0.2) is 0 Å². The number of rotatable bonds is 8. The number of carbonyl (C=O) groups is 2. The average Bonchev–Trinajstić information content (AvgIpc) is 3.26. The number of nitrogens with one attached hydrogen (secondary N) is 1. The Labute approximate surface area is 160 Å². The zero-order chi connectivity index (χ0) is 18.6. The maximum Gasteiger partial charge on any atom is 0.327 e. The predicted octanol–water partition coefficient (Wildman–Crippen LogP) is 3.18. The molecular weight excluding hydrogens is 338 g/mol. The van der Waals surface area contributed by atoms with Gasteiger partial charge in [0.2, 0.25) is 0 Å². The molecule has 0 bridgehead atoms. The van der Waals surface area contributed by atoms with Crippen LogP contribution in [0.2, 0.25) is 0 Å². The molecule has 1 atom stereocenters. The molecule has 2 aliphatic rings. The molecule has 0 aliphatic carbocycles. The molecule has 1 N–H and O–H groups in total. The largest absolute Gasteiger partial charge is 0.327 e. The number of hydrogen-bond acceptors (Lipinski definition) is 3. The smallest absolute Gasteiger partial charge is 0.316 e. The minimum atomic E-state index is -0.170. The van der Waals surface area contributed by atoms with E-state index in [0.717, 1.165) is 51.7 Å². The van der Waals surface area contributed by atoms with E-state index < -0.39 is 0 Å². The summed E-state index contributed by atoms with van der Waals surface area (Å²) in [5.41, 5.74) is 1.37. The Bertz CT molecular complexity index is 808. The highest BCUT2D eigenvalue weighted by Gasteiger charge is 2.46. The molecule has 5 heteroatoms. The van der Waals surface area contributed by atoms with E-state index in [2.05, 4.69) is 47.8 Å². The minimum Gasteiger partial charge on any atom is -0.316 e. The second-order valence-corrected chi connectivity index (χ2v) is 7.47. The molecule has 2 saturated heterocycles. The van der Waals surface area contributed by atoms with Crippen LogP contribution < -0.4 is 5.32 Å². The monoisotopic (exact) mass is 365 g/mol. The molecule has 0 aromatic heterocycles. The van der Waals surface area contributed by atoms with Gasteiger partial charge in [-0.2, -0.15) is 0 Å². The van der Waals surface area contributed by atoms with Crippen LogP contribution in [0.4, 0.5) is 4.79 Å². The number of nitrogens with zero attached hydrogens (tertiary/aromatic N) is 2. The Morgan fingerprint density at radius 3 is 2.74 bits per heavy atom. The molecular formula is C22H27N3O2. The molecule has 4 rings (SSSR count). The number of benzene rings is 2. The zero-order valence-electron chi connectivity index (χ0n) is 15.7. The number of unbranched alkanes of at least 4 members (excludes halogenated alkanes) is 1. The molecule has 142 valence electrons. The standard InChI is InChI=1S/C22H27N3O2/c26-21-20-11-6-16-24(20)22(27)25(21)15-4-3-13-23-14-12-18-9-5-8-17-7-1-2-10-19(17)18/h1-2,5,7-10,20,23H,3-4,6,11-16H2. The fourth-order valence-corrected chi connectivity index (χ4v) is 4.27. The fourth-order valence-electron chi connectivity index (χ4n) is 4.27. The minimum absolute atomic E-state index is 0.0152. The average molecular weight is 365 g/mol. The first-order valence-corrected chi connectivity index (χ1v) is 10.0. The second kappa shape index (κ2) is 8.09. The van der Waals surface area contributed by atoms with Gasteiger partial charge in [-0.05, 0) is 61.5 Å². The summed E-state index contributed by atoms with van der Waals surface area (Å²) >= 11 is 0. The number of carbonyl (C=O) groups excluding carboxylic acids is 2. The van der Waals surface area contributed by atoms with Crippen molar-refractivity contribution in [2.75, 3.05) is 26.2 Å². The van der Waals surface area contributed by atoms with Crippen LogP contribution in [0.5, 0.6) is 0 Å². The van der Waals surface area contributed by atoms with Crippen LogP contribution in [-0.4, -0.2) is 54.0 Å². The van der Waals surface area contributed by atoms with E-state index in [-0.39, 0.29) is 18.0 Å². The summed E-state index contributed by atoms with van der Waals surface area (Å²) < 4.78 is 0. The van der Waals surface area contributed by atoms with Crippen LogP contribution in [0.25, 0.3) is 10.8 Å². The van der Waals surface area contributed by atoms with Crippen molar-refractivity contribution < 1.29 is 9.59 Å². The van der Waals surface area contributed by atoms with Gasteiger partial charge < -0.3 is 10.2 Å². The number of imide groups is 1. The molecule has 5 nitrogen and oxygen atoms in total. The van der Waals surface area contributed by atoms with E-state index in [1.165, 1.54) is 21.2 Å². The van der Waals surface area contributed by atoms with Crippen LogP contribution in [0.15, 0.2) is 42.5 Å². The number of urea groups is 1. The molecule has 2 aromatic carbocycles. The maximum absolute atomic E-state index is 12.3. The van der Waals surface area contributed by atoms with Crippen molar-refractivity contribution in [2.45, 2.75) is 38.1 Å². The lowest BCUT2D eigenvalue weighted by atomic mass is 10.0. The maximum atomic E-state index is 12.3. The third-order valence-electron chi connectivity index (χ3n) is 5.72. The number of fused-ring (bicyclic) bond motifs is 2. The summed E-state index contributed by atoms with van der Waals surface area (Å²) in [7, 11) is 0. The van der Waals surface area contributed by atoms with Crippen LogP contribution in [0.3, 0.4) is 0 Å². The summed E-state index contributed by atoms with van der Waals surface area (Å²) in [6, 6.07) is 14.7. The van der Waals surface area contributed by atoms with E-state index >= 15 is 0 Å².